The number of aromatic nitrogens is 1. The van der Waals surface area contributed by atoms with Crippen LogP contribution in [0.1, 0.15) is 11.1 Å². The van der Waals surface area contributed by atoms with Gasteiger partial charge in [-0.05, 0) is 30.2 Å². The maximum absolute atomic E-state index is 13.0. The summed E-state index contributed by atoms with van der Waals surface area (Å²) in [6.07, 6.45) is 2.77. The summed E-state index contributed by atoms with van der Waals surface area (Å²) >= 11 is 0. The molecule has 0 aliphatic heterocycles. The van der Waals surface area contributed by atoms with E-state index in [-0.39, 0.29) is 5.82 Å². The van der Waals surface area contributed by atoms with Crippen molar-refractivity contribution in [3.05, 3.63) is 53.6 Å². The van der Waals surface area contributed by atoms with E-state index in [1.54, 1.807) is 18.3 Å². The number of hydrogen-bond acceptors (Lipinski definition) is 2. The molecule has 0 fully saturated rings. The summed E-state index contributed by atoms with van der Waals surface area (Å²) in [5.41, 5.74) is 3.09. The zero-order valence-electron chi connectivity index (χ0n) is 8.74. The first-order chi connectivity index (χ1) is 7.70. The second-order valence-electron chi connectivity index (χ2n) is 3.53. The largest absolute Gasteiger partial charge is 0.261 e. The Morgan fingerprint density at radius 2 is 2.00 bits per heavy atom. The number of pyridine rings is 1. The van der Waals surface area contributed by atoms with Crippen LogP contribution in [0.4, 0.5) is 4.39 Å². The van der Waals surface area contributed by atoms with Crippen LogP contribution in [0.3, 0.4) is 0 Å². The fourth-order valence-electron chi connectivity index (χ4n) is 1.54. The van der Waals surface area contributed by atoms with Gasteiger partial charge in [0.05, 0.1) is 17.8 Å². The van der Waals surface area contributed by atoms with Crippen molar-refractivity contribution in [3.8, 4) is 17.2 Å². The van der Waals surface area contributed by atoms with Crippen molar-refractivity contribution in [1.82, 2.24) is 4.98 Å². The molecule has 2 rings (SSSR count). The lowest BCUT2D eigenvalue weighted by Crippen LogP contribution is -1.86. The molecule has 0 saturated carbocycles. The van der Waals surface area contributed by atoms with Gasteiger partial charge in [0, 0.05) is 11.8 Å². The third kappa shape index (κ3) is 1.91. The van der Waals surface area contributed by atoms with Crippen molar-refractivity contribution in [2.75, 3.05) is 0 Å². The topological polar surface area (TPSA) is 36.7 Å². The molecule has 0 saturated heterocycles. The highest BCUT2D eigenvalue weighted by Crippen LogP contribution is 2.21. The lowest BCUT2D eigenvalue weighted by atomic mass is 10.0. The van der Waals surface area contributed by atoms with E-state index in [1.165, 1.54) is 12.3 Å². The lowest BCUT2D eigenvalue weighted by Gasteiger charge is -2.03. The summed E-state index contributed by atoms with van der Waals surface area (Å²) in [7, 11) is 0. The molecule has 16 heavy (non-hydrogen) atoms. The van der Waals surface area contributed by atoms with Gasteiger partial charge in [0.15, 0.2) is 0 Å². The Hall–Kier alpha value is -2.21. The van der Waals surface area contributed by atoms with E-state index >= 15 is 0 Å². The fraction of sp³-hybridized carbons (Fsp3) is 0.0769. The molecule has 0 N–H and O–H groups in total. The first kappa shape index (κ1) is 10.3. The molecule has 2 aromatic rings. The number of nitriles is 1. The molecule has 0 spiro atoms. The fourth-order valence-corrected chi connectivity index (χ4v) is 1.54. The summed E-state index contributed by atoms with van der Waals surface area (Å²) in [6, 6.07) is 8.90. The number of nitrogens with zero attached hydrogens (tertiary/aromatic N) is 2. The number of rotatable bonds is 1. The number of benzene rings is 1. The summed E-state index contributed by atoms with van der Waals surface area (Å²) in [6.45, 7) is 1.86. The molecule has 2 nitrogen and oxygen atoms in total. The van der Waals surface area contributed by atoms with Crippen molar-refractivity contribution >= 4 is 0 Å². The lowest BCUT2D eigenvalue weighted by molar-refractivity contribution is 0.622. The second kappa shape index (κ2) is 4.11. The van der Waals surface area contributed by atoms with Crippen LogP contribution < -0.4 is 0 Å². The average molecular weight is 212 g/mol. The van der Waals surface area contributed by atoms with E-state index < -0.39 is 0 Å². The van der Waals surface area contributed by atoms with Crippen LogP contribution in [0.25, 0.3) is 11.1 Å². The van der Waals surface area contributed by atoms with E-state index in [0.29, 0.717) is 11.1 Å². The van der Waals surface area contributed by atoms with Crippen LogP contribution >= 0.6 is 0 Å². The Morgan fingerprint density at radius 3 is 2.62 bits per heavy atom. The van der Waals surface area contributed by atoms with Gasteiger partial charge in [0.1, 0.15) is 5.82 Å². The average Bonchev–Trinajstić information content (AvgIpc) is 2.29. The van der Waals surface area contributed by atoms with E-state index in [2.05, 4.69) is 11.1 Å². The zero-order valence-corrected chi connectivity index (χ0v) is 8.74. The summed E-state index contributed by atoms with van der Waals surface area (Å²) in [5, 5.41) is 8.80. The van der Waals surface area contributed by atoms with E-state index in [0.717, 1.165) is 11.1 Å². The van der Waals surface area contributed by atoms with E-state index in [1.807, 2.05) is 13.0 Å². The molecule has 0 unspecified atom stereocenters. The molecule has 3 heteroatoms. The van der Waals surface area contributed by atoms with Crippen molar-refractivity contribution in [1.29, 1.82) is 5.26 Å². The maximum atomic E-state index is 13.0. The first-order valence-corrected chi connectivity index (χ1v) is 4.82. The molecule has 0 aliphatic rings. The van der Waals surface area contributed by atoms with Gasteiger partial charge in [-0.3, -0.25) is 4.98 Å². The molecular weight excluding hydrogens is 203 g/mol. The van der Waals surface area contributed by atoms with Crippen molar-refractivity contribution in [2.45, 2.75) is 6.92 Å². The highest BCUT2D eigenvalue weighted by molar-refractivity contribution is 5.64. The van der Waals surface area contributed by atoms with Gasteiger partial charge in [-0.15, -0.1) is 0 Å². The van der Waals surface area contributed by atoms with Gasteiger partial charge in [-0.1, -0.05) is 12.1 Å². The molecule has 0 atom stereocenters. The van der Waals surface area contributed by atoms with Crippen LogP contribution in [0.5, 0.6) is 0 Å². The third-order valence-electron chi connectivity index (χ3n) is 2.39. The molecule has 1 heterocycles. The third-order valence-corrected chi connectivity index (χ3v) is 2.39. The highest BCUT2D eigenvalue weighted by Gasteiger charge is 2.03. The van der Waals surface area contributed by atoms with Crippen molar-refractivity contribution < 1.29 is 4.39 Å². The minimum absolute atomic E-state index is 0.362. The van der Waals surface area contributed by atoms with Crippen LogP contribution in [0, 0.1) is 24.1 Å². The first-order valence-electron chi connectivity index (χ1n) is 4.82. The molecular formula is C13H9FN2. The highest BCUT2D eigenvalue weighted by atomic mass is 19.1. The molecule has 1 aromatic carbocycles. The quantitative estimate of drug-likeness (QED) is 0.728. The zero-order chi connectivity index (χ0) is 11.5. The normalized spacial score (nSPS) is 9.81. The van der Waals surface area contributed by atoms with Gasteiger partial charge in [-0.2, -0.15) is 5.26 Å². The van der Waals surface area contributed by atoms with Crippen LogP contribution in [-0.4, -0.2) is 4.98 Å². The SMILES string of the molecule is Cc1cc(-c2cncc(F)c2)ccc1C#N. The maximum Gasteiger partial charge on any atom is 0.142 e. The Balaban J connectivity index is 2.50. The second-order valence-corrected chi connectivity index (χ2v) is 3.53. The van der Waals surface area contributed by atoms with Gasteiger partial charge < -0.3 is 0 Å². The van der Waals surface area contributed by atoms with Crippen LogP contribution in [0.15, 0.2) is 36.7 Å². The standard InChI is InChI=1S/C13H9FN2/c1-9-4-10(2-3-11(9)6-15)12-5-13(14)8-16-7-12/h2-5,7-8H,1H3. The predicted octanol–water partition coefficient (Wildman–Crippen LogP) is 3.07. The molecule has 78 valence electrons. The molecule has 0 aliphatic carbocycles. The van der Waals surface area contributed by atoms with Gasteiger partial charge in [-0.25, -0.2) is 4.39 Å². The number of hydrogen-bond donors (Lipinski definition) is 0. The Kier molecular flexibility index (Phi) is 2.65. The van der Waals surface area contributed by atoms with Gasteiger partial charge in [0.25, 0.3) is 0 Å². The molecule has 1 aromatic heterocycles. The smallest absolute Gasteiger partial charge is 0.142 e. The van der Waals surface area contributed by atoms with Gasteiger partial charge >= 0.3 is 0 Å². The minimum atomic E-state index is -0.362. The summed E-state index contributed by atoms with van der Waals surface area (Å²) < 4.78 is 13.0. The Morgan fingerprint density at radius 1 is 1.19 bits per heavy atom. The van der Waals surface area contributed by atoms with Crippen molar-refractivity contribution in [2.24, 2.45) is 0 Å². The van der Waals surface area contributed by atoms with Crippen LogP contribution in [0.2, 0.25) is 0 Å². The number of aryl methyl sites for hydroxylation is 1. The Labute approximate surface area is 93.0 Å². The molecule has 0 radical (unpaired) electrons. The summed E-state index contributed by atoms with van der Waals surface area (Å²) in [5.74, 6) is -0.362. The molecule has 0 bridgehead atoms. The summed E-state index contributed by atoms with van der Waals surface area (Å²) in [4.78, 5) is 3.79. The van der Waals surface area contributed by atoms with E-state index in [4.69, 9.17) is 5.26 Å². The van der Waals surface area contributed by atoms with Crippen molar-refractivity contribution in [3.63, 3.8) is 0 Å². The van der Waals surface area contributed by atoms with Crippen LogP contribution in [-0.2, 0) is 0 Å². The Bertz CT molecular complexity index is 570. The predicted molar refractivity (Wildman–Crippen MR) is 59.1 cm³/mol. The van der Waals surface area contributed by atoms with E-state index in [9.17, 15) is 4.39 Å². The van der Waals surface area contributed by atoms with Gasteiger partial charge in [0.2, 0.25) is 0 Å². The minimum Gasteiger partial charge on any atom is -0.261 e. The monoisotopic (exact) mass is 212 g/mol. The number of halogens is 1. The molecule has 0 amide bonds.